The van der Waals surface area contributed by atoms with E-state index in [1.54, 1.807) is 23.0 Å². The van der Waals surface area contributed by atoms with Crippen LogP contribution < -0.4 is 5.56 Å². The van der Waals surface area contributed by atoms with E-state index in [2.05, 4.69) is 36.1 Å². The summed E-state index contributed by atoms with van der Waals surface area (Å²) in [6.45, 7) is 5.22. The van der Waals surface area contributed by atoms with Crippen molar-refractivity contribution in [2.24, 2.45) is 7.05 Å². The highest BCUT2D eigenvalue weighted by molar-refractivity contribution is 7.88. The van der Waals surface area contributed by atoms with Crippen molar-refractivity contribution in [2.45, 2.75) is 13.5 Å². The van der Waals surface area contributed by atoms with E-state index in [1.165, 1.54) is 16.1 Å². The Kier molecular flexibility index (Phi) is 5.37. The Labute approximate surface area is 175 Å². The van der Waals surface area contributed by atoms with Gasteiger partial charge in [-0.05, 0) is 18.6 Å². The predicted molar refractivity (Wildman–Crippen MR) is 119 cm³/mol. The fourth-order valence-corrected chi connectivity index (χ4v) is 5.81. The smallest absolute Gasteiger partial charge is 0.259 e. The van der Waals surface area contributed by atoms with Gasteiger partial charge in [0.15, 0.2) is 0 Å². The van der Waals surface area contributed by atoms with E-state index < -0.39 is 10.0 Å². The second-order valence-corrected chi connectivity index (χ2v) is 10.8. The predicted octanol–water partition coefficient (Wildman–Crippen LogP) is 2.65. The lowest BCUT2D eigenvalue weighted by Gasteiger charge is -2.32. The van der Waals surface area contributed by atoms with Crippen LogP contribution in [0.15, 0.2) is 41.3 Å². The van der Waals surface area contributed by atoms with E-state index in [9.17, 15) is 13.2 Å². The average molecular weight is 432 g/mol. The molecule has 3 aromatic rings. The summed E-state index contributed by atoms with van der Waals surface area (Å²) in [6, 6.07) is 10.4. The molecular formula is C21H25N3O3S2. The quantitative estimate of drug-likeness (QED) is 0.637. The first-order chi connectivity index (χ1) is 13.7. The first-order valence-corrected chi connectivity index (χ1v) is 12.3. The third-order valence-electron chi connectivity index (χ3n) is 5.44. The molecule has 0 N–H and O–H groups in total. The molecule has 154 valence electrons. The third-order valence-corrected chi connectivity index (χ3v) is 7.90. The summed E-state index contributed by atoms with van der Waals surface area (Å²) in [4.78, 5) is 16.1. The van der Waals surface area contributed by atoms with Crippen molar-refractivity contribution < 1.29 is 8.42 Å². The van der Waals surface area contributed by atoms with Gasteiger partial charge in [0.2, 0.25) is 10.0 Å². The first-order valence-electron chi connectivity index (χ1n) is 9.59. The summed E-state index contributed by atoms with van der Waals surface area (Å²) in [7, 11) is -1.33. The van der Waals surface area contributed by atoms with Crippen LogP contribution in [0.1, 0.15) is 10.4 Å². The summed E-state index contributed by atoms with van der Waals surface area (Å²) in [5, 5.41) is 0.750. The number of aryl methyl sites for hydroxylation is 2. The van der Waals surface area contributed by atoms with Gasteiger partial charge in [0.05, 0.1) is 11.6 Å². The molecule has 1 aromatic carbocycles. The van der Waals surface area contributed by atoms with Crippen molar-refractivity contribution in [3.8, 4) is 11.1 Å². The van der Waals surface area contributed by atoms with Crippen LogP contribution in [-0.2, 0) is 23.6 Å². The zero-order valence-electron chi connectivity index (χ0n) is 16.9. The lowest BCUT2D eigenvalue weighted by molar-refractivity contribution is 0.183. The molecule has 0 saturated carbocycles. The molecule has 0 spiro atoms. The molecule has 0 aliphatic carbocycles. The molecule has 1 fully saturated rings. The van der Waals surface area contributed by atoms with Crippen LogP contribution in [0.5, 0.6) is 0 Å². The van der Waals surface area contributed by atoms with Crippen molar-refractivity contribution >= 4 is 31.4 Å². The summed E-state index contributed by atoms with van der Waals surface area (Å²) in [6.07, 6.45) is 3.18. The number of sulfonamides is 1. The van der Waals surface area contributed by atoms with E-state index in [1.807, 2.05) is 12.3 Å². The molecule has 29 heavy (non-hydrogen) atoms. The average Bonchev–Trinajstić information content (AvgIpc) is 3.09. The van der Waals surface area contributed by atoms with Crippen LogP contribution in [0.3, 0.4) is 0 Å². The number of rotatable bonds is 4. The zero-order chi connectivity index (χ0) is 20.8. The Morgan fingerprint density at radius 2 is 1.72 bits per heavy atom. The minimum atomic E-state index is -3.13. The standard InChI is InChI=1S/C21H25N3O3S2/c1-15-4-6-16(7-5-15)19-14-22(2)21(25)18-12-17(28-20(18)19)13-23-8-10-24(11-9-23)29(3,26)27/h4-7,12,14H,8-11,13H2,1-3H3. The zero-order valence-corrected chi connectivity index (χ0v) is 18.5. The van der Waals surface area contributed by atoms with E-state index in [0.717, 1.165) is 32.6 Å². The Morgan fingerprint density at radius 3 is 2.34 bits per heavy atom. The summed E-state index contributed by atoms with van der Waals surface area (Å²) >= 11 is 1.66. The second-order valence-electron chi connectivity index (χ2n) is 7.72. The highest BCUT2D eigenvalue weighted by Crippen LogP contribution is 2.34. The van der Waals surface area contributed by atoms with Crippen LogP contribution in [0.25, 0.3) is 21.2 Å². The second kappa shape index (κ2) is 7.68. The molecular weight excluding hydrogens is 406 g/mol. The van der Waals surface area contributed by atoms with Crippen LogP contribution in [0.4, 0.5) is 0 Å². The highest BCUT2D eigenvalue weighted by Gasteiger charge is 2.24. The number of nitrogens with zero attached hydrogens (tertiary/aromatic N) is 3. The van der Waals surface area contributed by atoms with Crippen molar-refractivity contribution in [3.05, 3.63) is 57.3 Å². The van der Waals surface area contributed by atoms with E-state index in [0.29, 0.717) is 26.2 Å². The molecule has 0 bridgehead atoms. The number of piperazine rings is 1. The molecule has 8 heteroatoms. The maximum absolute atomic E-state index is 12.7. The van der Waals surface area contributed by atoms with Crippen LogP contribution in [0, 0.1) is 6.92 Å². The number of fused-ring (bicyclic) bond motifs is 1. The van der Waals surface area contributed by atoms with Gasteiger partial charge in [-0.3, -0.25) is 9.69 Å². The Hall–Kier alpha value is -2.00. The SMILES string of the molecule is Cc1ccc(-c2cn(C)c(=O)c3cc(CN4CCN(S(C)(=O)=O)CC4)sc23)cc1. The number of pyridine rings is 1. The minimum absolute atomic E-state index is 0.0141. The lowest BCUT2D eigenvalue weighted by atomic mass is 10.0. The van der Waals surface area contributed by atoms with Crippen molar-refractivity contribution in [1.82, 2.24) is 13.8 Å². The van der Waals surface area contributed by atoms with Gasteiger partial charge >= 0.3 is 0 Å². The van der Waals surface area contributed by atoms with Gasteiger partial charge in [-0.25, -0.2) is 8.42 Å². The number of benzene rings is 1. The number of thiophene rings is 1. The van der Waals surface area contributed by atoms with Gasteiger partial charge in [-0.2, -0.15) is 4.31 Å². The van der Waals surface area contributed by atoms with E-state index >= 15 is 0 Å². The molecule has 3 heterocycles. The van der Waals surface area contributed by atoms with Gasteiger partial charge < -0.3 is 4.57 Å². The Balaban J connectivity index is 1.64. The van der Waals surface area contributed by atoms with Crippen LogP contribution in [-0.4, -0.2) is 54.6 Å². The maximum atomic E-state index is 12.7. The van der Waals surface area contributed by atoms with Crippen molar-refractivity contribution in [1.29, 1.82) is 0 Å². The maximum Gasteiger partial charge on any atom is 0.259 e. The van der Waals surface area contributed by atoms with Crippen LogP contribution >= 0.6 is 11.3 Å². The van der Waals surface area contributed by atoms with Crippen LogP contribution in [0.2, 0.25) is 0 Å². The van der Waals surface area contributed by atoms with E-state index in [4.69, 9.17) is 0 Å². The highest BCUT2D eigenvalue weighted by atomic mass is 32.2. The molecule has 1 saturated heterocycles. The summed E-state index contributed by atoms with van der Waals surface area (Å²) < 4.78 is 27.6. The molecule has 0 atom stereocenters. The largest absolute Gasteiger partial charge is 0.317 e. The molecule has 6 nitrogen and oxygen atoms in total. The third kappa shape index (κ3) is 4.16. The molecule has 2 aromatic heterocycles. The lowest BCUT2D eigenvalue weighted by Crippen LogP contribution is -2.47. The fourth-order valence-electron chi connectivity index (χ4n) is 3.76. The normalized spacial score (nSPS) is 16.5. The van der Waals surface area contributed by atoms with Crippen molar-refractivity contribution in [2.75, 3.05) is 32.4 Å². The Bertz CT molecular complexity index is 1200. The molecule has 1 aliphatic rings. The molecule has 0 amide bonds. The van der Waals surface area contributed by atoms with Gasteiger partial charge in [-0.1, -0.05) is 29.8 Å². The molecule has 4 rings (SSSR count). The fraction of sp³-hybridized carbons (Fsp3) is 0.381. The summed E-state index contributed by atoms with van der Waals surface area (Å²) in [5.41, 5.74) is 3.39. The Morgan fingerprint density at radius 1 is 1.07 bits per heavy atom. The van der Waals surface area contributed by atoms with Gasteiger partial charge in [0.1, 0.15) is 0 Å². The first kappa shape index (κ1) is 20.3. The monoisotopic (exact) mass is 431 g/mol. The number of hydrogen-bond donors (Lipinski definition) is 0. The van der Waals surface area contributed by atoms with Gasteiger partial charge in [0, 0.05) is 61.1 Å². The van der Waals surface area contributed by atoms with Crippen molar-refractivity contribution in [3.63, 3.8) is 0 Å². The minimum Gasteiger partial charge on any atom is -0.317 e. The number of aromatic nitrogens is 1. The summed E-state index contributed by atoms with van der Waals surface area (Å²) in [5.74, 6) is 0. The van der Waals surface area contributed by atoms with Gasteiger partial charge in [0.25, 0.3) is 5.56 Å². The molecule has 1 aliphatic heterocycles. The molecule has 0 unspecified atom stereocenters. The topological polar surface area (TPSA) is 62.6 Å². The van der Waals surface area contributed by atoms with Gasteiger partial charge in [-0.15, -0.1) is 11.3 Å². The number of hydrogen-bond acceptors (Lipinski definition) is 5. The van der Waals surface area contributed by atoms with E-state index in [-0.39, 0.29) is 5.56 Å². The molecule has 0 radical (unpaired) electrons.